The van der Waals surface area contributed by atoms with Crippen LogP contribution in [0.1, 0.15) is 35.1 Å². The summed E-state index contributed by atoms with van der Waals surface area (Å²) in [6, 6.07) is 8.23. The number of fused-ring (bicyclic) bond motifs is 1. The van der Waals surface area contributed by atoms with Crippen LogP contribution in [0.25, 0.3) is 11.1 Å². The first kappa shape index (κ1) is 20.3. The van der Waals surface area contributed by atoms with Gasteiger partial charge in [-0.25, -0.2) is 4.79 Å². The molecule has 1 aromatic heterocycles. The summed E-state index contributed by atoms with van der Waals surface area (Å²) in [4.78, 5) is 34.5. The Morgan fingerprint density at radius 1 is 1.17 bits per heavy atom. The van der Waals surface area contributed by atoms with Crippen molar-refractivity contribution in [2.75, 3.05) is 0 Å². The number of nitrogens with zero attached hydrogens (tertiary/aromatic N) is 2. The second-order valence-corrected chi connectivity index (χ2v) is 7.19. The number of aryl methyl sites for hydroxylation is 4. The van der Waals surface area contributed by atoms with E-state index >= 15 is 0 Å². The maximum absolute atomic E-state index is 12.2. The zero-order valence-corrected chi connectivity index (χ0v) is 16.7. The van der Waals surface area contributed by atoms with Gasteiger partial charge in [-0.1, -0.05) is 17.7 Å². The molecule has 0 aliphatic heterocycles. The SMILES string of the molecule is Cc1cc(C)c(CNC(=O)CCCn2c(=O)oc3cc([N+](=O)[O-])ccc32)c(C)c1. The third-order valence-corrected chi connectivity index (χ3v) is 4.95. The van der Waals surface area contributed by atoms with Crippen LogP contribution < -0.4 is 11.1 Å². The summed E-state index contributed by atoms with van der Waals surface area (Å²) in [6.07, 6.45) is 0.708. The van der Waals surface area contributed by atoms with Crippen LogP contribution in [0.2, 0.25) is 0 Å². The molecule has 152 valence electrons. The van der Waals surface area contributed by atoms with Crippen molar-refractivity contribution in [3.8, 4) is 0 Å². The Kier molecular flexibility index (Phi) is 5.81. The summed E-state index contributed by atoms with van der Waals surface area (Å²) in [7, 11) is 0. The molecule has 1 heterocycles. The zero-order valence-electron chi connectivity index (χ0n) is 16.7. The fraction of sp³-hybridized carbons (Fsp3) is 0.333. The molecular weight excluding hydrogens is 374 g/mol. The number of rotatable bonds is 7. The Hall–Kier alpha value is -3.42. The van der Waals surface area contributed by atoms with E-state index in [4.69, 9.17) is 4.42 Å². The lowest BCUT2D eigenvalue weighted by molar-refractivity contribution is -0.384. The van der Waals surface area contributed by atoms with Gasteiger partial charge in [0.05, 0.1) is 16.5 Å². The number of non-ortho nitro benzene ring substituents is 1. The molecule has 0 aliphatic rings. The van der Waals surface area contributed by atoms with E-state index in [1.807, 2.05) is 20.8 Å². The molecule has 3 aromatic rings. The fourth-order valence-corrected chi connectivity index (χ4v) is 3.54. The number of amides is 1. The Morgan fingerprint density at radius 3 is 2.52 bits per heavy atom. The summed E-state index contributed by atoms with van der Waals surface area (Å²) < 4.78 is 6.48. The number of nitro groups is 1. The second kappa shape index (κ2) is 8.30. The zero-order chi connectivity index (χ0) is 21.1. The number of carbonyl (C=O) groups is 1. The van der Waals surface area contributed by atoms with E-state index in [2.05, 4.69) is 17.4 Å². The lowest BCUT2D eigenvalue weighted by atomic mass is 10.00. The number of nitro benzene ring substituents is 1. The monoisotopic (exact) mass is 397 g/mol. The van der Waals surface area contributed by atoms with Gasteiger partial charge in [0.2, 0.25) is 5.91 Å². The van der Waals surface area contributed by atoms with E-state index in [1.165, 1.54) is 28.3 Å². The summed E-state index contributed by atoms with van der Waals surface area (Å²) in [5.41, 5.74) is 5.10. The first-order valence-electron chi connectivity index (χ1n) is 9.37. The number of benzene rings is 2. The third-order valence-electron chi connectivity index (χ3n) is 4.95. The quantitative estimate of drug-likeness (QED) is 0.485. The highest BCUT2D eigenvalue weighted by Crippen LogP contribution is 2.20. The van der Waals surface area contributed by atoms with Crippen molar-refractivity contribution in [2.24, 2.45) is 0 Å². The Balaban J connectivity index is 1.59. The predicted molar refractivity (Wildman–Crippen MR) is 109 cm³/mol. The number of carbonyl (C=O) groups excluding carboxylic acids is 1. The topological polar surface area (TPSA) is 107 Å². The van der Waals surface area contributed by atoms with Gasteiger partial charge in [-0.05, 0) is 49.9 Å². The van der Waals surface area contributed by atoms with Crippen LogP contribution in [0, 0.1) is 30.9 Å². The van der Waals surface area contributed by atoms with Crippen molar-refractivity contribution in [3.05, 3.63) is 73.3 Å². The van der Waals surface area contributed by atoms with Crippen molar-refractivity contribution >= 4 is 22.7 Å². The van der Waals surface area contributed by atoms with E-state index in [1.54, 1.807) is 0 Å². The van der Waals surface area contributed by atoms with Gasteiger partial charge >= 0.3 is 5.76 Å². The molecule has 2 aromatic carbocycles. The summed E-state index contributed by atoms with van der Waals surface area (Å²) >= 11 is 0. The van der Waals surface area contributed by atoms with Crippen LogP contribution >= 0.6 is 0 Å². The Morgan fingerprint density at radius 2 is 1.86 bits per heavy atom. The summed E-state index contributed by atoms with van der Waals surface area (Å²) in [5.74, 6) is -0.687. The molecule has 0 unspecified atom stereocenters. The molecule has 0 atom stereocenters. The molecule has 29 heavy (non-hydrogen) atoms. The van der Waals surface area contributed by atoms with E-state index in [-0.39, 0.29) is 23.6 Å². The summed E-state index contributed by atoms with van der Waals surface area (Å²) in [5, 5.41) is 13.8. The van der Waals surface area contributed by atoms with Crippen LogP contribution in [0.4, 0.5) is 5.69 Å². The molecule has 0 radical (unpaired) electrons. The van der Waals surface area contributed by atoms with Crippen LogP contribution in [-0.4, -0.2) is 15.4 Å². The van der Waals surface area contributed by atoms with Gasteiger partial charge in [-0.15, -0.1) is 0 Å². The molecule has 0 saturated carbocycles. The van der Waals surface area contributed by atoms with Gasteiger partial charge in [0.15, 0.2) is 5.58 Å². The molecule has 8 heteroatoms. The molecule has 0 fully saturated rings. The average Bonchev–Trinajstić information content (AvgIpc) is 2.95. The Bertz CT molecular complexity index is 1120. The standard InChI is InChI=1S/C21H23N3O5/c1-13-9-14(2)17(15(3)10-13)12-22-20(25)5-4-8-23-18-7-6-16(24(27)28)11-19(18)29-21(23)26/h6-7,9-11H,4-5,8,12H2,1-3H3,(H,22,25). The van der Waals surface area contributed by atoms with Gasteiger partial charge in [0, 0.05) is 25.6 Å². The molecule has 0 aliphatic carbocycles. The first-order chi connectivity index (χ1) is 13.8. The molecule has 3 rings (SSSR count). The highest BCUT2D eigenvalue weighted by atomic mass is 16.6. The van der Waals surface area contributed by atoms with Crippen molar-refractivity contribution in [1.82, 2.24) is 9.88 Å². The fourth-order valence-electron chi connectivity index (χ4n) is 3.54. The average molecular weight is 397 g/mol. The largest absolute Gasteiger partial charge is 0.419 e. The molecule has 1 N–H and O–H groups in total. The van der Waals surface area contributed by atoms with Crippen LogP contribution in [0.15, 0.2) is 39.5 Å². The van der Waals surface area contributed by atoms with E-state index < -0.39 is 10.7 Å². The van der Waals surface area contributed by atoms with Crippen molar-refractivity contribution in [1.29, 1.82) is 0 Å². The first-order valence-corrected chi connectivity index (χ1v) is 9.37. The molecule has 0 spiro atoms. The minimum Gasteiger partial charge on any atom is -0.407 e. The number of oxazole rings is 1. The minimum absolute atomic E-state index is 0.0964. The van der Waals surface area contributed by atoms with Gasteiger partial charge in [0.25, 0.3) is 5.69 Å². The smallest absolute Gasteiger partial charge is 0.407 e. The van der Waals surface area contributed by atoms with E-state index in [9.17, 15) is 19.7 Å². The molecule has 1 amide bonds. The maximum Gasteiger partial charge on any atom is 0.419 e. The summed E-state index contributed by atoms with van der Waals surface area (Å²) in [6.45, 7) is 6.86. The predicted octanol–water partition coefficient (Wildman–Crippen LogP) is 3.52. The van der Waals surface area contributed by atoms with Gasteiger partial charge in [-0.3, -0.25) is 19.5 Å². The highest BCUT2D eigenvalue weighted by Gasteiger charge is 2.14. The number of hydrogen-bond donors (Lipinski definition) is 1. The van der Waals surface area contributed by atoms with Gasteiger partial charge in [-0.2, -0.15) is 0 Å². The number of hydrogen-bond acceptors (Lipinski definition) is 5. The lowest BCUT2D eigenvalue weighted by Gasteiger charge is -2.12. The molecule has 0 saturated heterocycles. The van der Waals surface area contributed by atoms with Crippen molar-refractivity contribution in [3.63, 3.8) is 0 Å². The van der Waals surface area contributed by atoms with E-state index in [0.29, 0.717) is 25.0 Å². The van der Waals surface area contributed by atoms with Crippen LogP contribution in [0.3, 0.4) is 0 Å². The Labute approximate surface area is 167 Å². The third kappa shape index (κ3) is 4.53. The maximum atomic E-state index is 12.2. The van der Waals surface area contributed by atoms with Gasteiger partial charge < -0.3 is 9.73 Å². The molecular formula is C21H23N3O5. The van der Waals surface area contributed by atoms with Crippen LogP contribution in [0.5, 0.6) is 0 Å². The van der Waals surface area contributed by atoms with Gasteiger partial charge in [0.1, 0.15) is 0 Å². The molecule has 0 bridgehead atoms. The van der Waals surface area contributed by atoms with Crippen LogP contribution in [-0.2, 0) is 17.9 Å². The van der Waals surface area contributed by atoms with Crippen molar-refractivity contribution < 1.29 is 14.1 Å². The number of aromatic nitrogens is 1. The second-order valence-electron chi connectivity index (χ2n) is 7.19. The lowest BCUT2D eigenvalue weighted by Crippen LogP contribution is -2.24. The minimum atomic E-state index is -0.591. The molecule has 8 nitrogen and oxygen atoms in total. The number of nitrogens with one attached hydrogen (secondary N) is 1. The van der Waals surface area contributed by atoms with Crippen molar-refractivity contribution in [2.45, 2.75) is 46.7 Å². The van der Waals surface area contributed by atoms with E-state index in [0.717, 1.165) is 16.7 Å². The highest BCUT2D eigenvalue weighted by molar-refractivity contribution is 5.76. The normalized spacial score (nSPS) is 11.0.